The van der Waals surface area contributed by atoms with Crippen LogP contribution in [0.15, 0.2) is 5.10 Å². The highest BCUT2D eigenvalue weighted by molar-refractivity contribution is 5.83. The summed E-state index contributed by atoms with van der Waals surface area (Å²) in [6.07, 6.45) is 8.43. The van der Waals surface area contributed by atoms with Crippen molar-refractivity contribution in [3.05, 3.63) is 0 Å². The molecular formula is C16H30N3+. The van der Waals surface area contributed by atoms with E-state index in [1.807, 2.05) is 0 Å². The van der Waals surface area contributed by atoms with Gasteiger partial charge in [-0.25, -0.2) is 0 Å². The van der Waals surface area contributed by atoms with E-state index in [2.05, 4.69) is 54.8 Å². The van der Waals surface area contributed by atoms with Crippen molar-refractivity contribution in [1.29, 1.82) is 0 Å². The molecule has 0 amide bonds. The largest absolute Gasteiger partial charge is 0.301 e. The lowest BCUT2D eigenvalue weighted by Gasteiger charge is -2.34. The standard InChI is InChI=1S/C16H30N3/c1-13(2)16-11-17-19(12-16)10-7-15-5-8-18(9-6-15)14(3)4/h11-16H,5-10H2,1-4H3/q+1. The molecule has 3 nitrogen and oxygen atoms in total. The van der Waals surface area contributed by atoms with E-state index < -0.39 is 0 Å². The molecule has 0 aliphatic carbocycles. The van der Waals surface area contributed by atoms with Crippen LogP contribution in [0.25, 0.3) is 0 Å². The first-order valence-corrected chi connectivity index (χ1v) is 7.96. The van der Waals surface area contributed by atoms with E-state index in [1.165, 1.54) is 32.4 Å². The summed E-state index contributed by atoms with van der Waals surface area (Å²) in [7, 11) is 0. The van der Waals surface area contributed by atoms with E-state index in [0.717, 1.165) is 12.5 Å². The molecule has 1 atom stereocenters. The highest BCUT2D eigenvalue weighted by Gasteiger charge is 2.24. The first-order chi connectivity index (χ1) is 9.06. The van der Waals surface area contributed by atoms with Crippen molar-refractivity contribution in [2.24, 2.45) is 22.9 Å². The molecule has 2 rings (SSSR count). The van der Waals surface area contributed by atoms with Crippen LogP contribution in [0, 0.1) is 17.8 Å². The van der Waals surface area contributed by atoms with Gasteiger partial charge in [0.2, 0.25) is 0 Å². The Bertz CT molecular complexity index is 336. The second kappa shape index (κ2) is 6.65. The minimum Gasteiger partial charge on any atom is -0.301 e. The molecule has 0 spiro atoms. The predicted octanol–water partition coefficient (Wildman–Crippen LogP) is 2.85. The molecule has 0 saturated carbocycles. The van der Waals surface area contributed by atoms with Crippen LogP contribution in [0.4, 0.5) is 0 Å². The molecule has 0 radical (unpaired) electrons. The summed E-state index contributed by atoms with van der Waals surface area (Å²) < 4.78 is 2.17. The molecule has 1 unspecified atom stereocenters. The van der Waals surface area contributed by atoms with Crippen LogP contribution >= 0.6 is 0 Å². The molecule has 0 bridgehead atoms. The van der Waals surface area contributed by atoms with Crippen LogP contribution < -0.4 is 0 Å². The van der Waals surface area contributed by atoms with Crippen LogP contribution in [0.1, 0.15) is 47.0 Å². The lowest BCUT2D eigenvalue weighted by molar-refractivity contribution is -0.527. The maximum atomic E-state index is 4.51. The van der Waals surface area contributed by atoms with E-state index in [4.69, 9.17) is 0 Å². The summed E-state index contributed by atoms with van der Waals surface area (Å²) in [6, 6.07) is 0.712. The first kappa shape index (κ1) is 14.7. The number of likely N-dealkylation sites (tertiary alicyclic amines) is 1. The summed E-state index contributed by atoms with van der Waals surface area (Å²) in [5, 5.41) is 4.51. The third-order valence-electron chi connectivity index (χ3n) is 4.65. The number of hydrogen-bond donors (Lipinski definition) is 0. The van der Waals surface area contributed by atoms with E-state index in [1.54, 1.807) is 0 Å². The summed E-state index contributed by atoms with van der Waals surface area (Å²) in [5.41, 5.74) is 0. The zero-order valence-corrected chi connectivity index (χ0v) is 13.0. The number of nitrogens with zero attached hydrogens (tertiary/aromatic N) is 3. The molecule has 1 fully saturated rings. The normalized spacial score (nSPS) is 25.6. The van der Waals surface area contributed by atoms with Gasteiger partial charge in [-0.05, 0) is 56.7 Å². The van der Waals surface area contributed by atoms with E-state index in [-0.39, 0.29) is 0 Å². The minimum absolute atomic E-state index is 0.544. The Morgan fingerprint density at radius 1 is 1.21 bits per heavy atom. The van der Waals surface area contributed by atoms with Gasteiger partial charge in [0.15, 0.2) is 12.8 Å². The Kier molecular flexibility index (Phi) is 5.14. The first-order valence-electron chi connectivity index (χ1n) is 7.96. The summed E-state index contributed by atoms with van der Waals surface area (Å²) in [4.78, 5) is 2.60. The smallest absolute Gasteiger partial charge is 0.181 e. The van der Waals surface area contributed by atoms with Crippen LogP contribution in [0.3, 0.4) is 0 Å². The van der Waals surface area contributed by atoms with Crippen LogP contribution in [0.5, 0.6) is 0 Å². The van der Waals surface area contributed by atoms with Crippen molar-refractivity contribution in [3.63, 3.8) is 0 Å². The number of rotatable bonds is 5. The minimum atomic E-state index is 0.544. The van der Waals surface area contributed by atoms with Crippen molar-refractivity contribution >= 4 is 12.4 Å². The Morgan fingerprint density at radius 2 is 1.89 bits per heavy atom. The maximum Gasteiger partial charge on any atom is 0.181 e. The van der Waals surface area contributed by atoms with Crippen LogP contribution in [0.2, 0.25) is 0 Å². The van der Waals surface area contributed by atoms with E-state index >= 15 is 0 Å². The number of hydrogen-bond acceptors (Lipinski definition) is 2. The van der Waals surface area contributed by atoms with Crippen molar-refractivity contribution in [3.8, 4) is 0 Å². The van der Waals surface area contributed by atoms with Gasteiger partial charge >= 0.3 is 0 Å². The van der Waals surface area contributed by atoms with Crippen LogP contribution in [-0.2, 0) is 0 Å². The lowest BCUT2D eigenvalue weighted by Crippen LogP contribution is -2.38. The quantitative estimate of drug-likeness (QED) is 0.699. The molecular weight excluding hydrogens is 234 g/mol. The Morgan fingerprint density at radius 3 is 2.42 bits per heavy atom. The maximum absolute atomic E-state index is 4.51. The highest BCUT2D eigenvalue weighted by atomic mass is 15.4. The topological polar surface area (TPSA) is 18.6 Å². The number of piperidine rings is 1. The van der Waals surface area contributed by atoms with Gasteiger partial charge in [0, 0.05) is 12.5 Å². The van der Waals surface area contributed by atoms with Crippen molar-refractivity contribution in [2.75, 3.05) is 19.6 Å². The fourth-order valence-electron chi connectivity index (χ4n) is 2.99. The molecule has 0 aromatic carbocycles. The lowest BCUT2D eigenvalue weighted by atomic mass is 9.93. The third-order valence-corrected chi connectivity index (χ3v) is 4.65. The van der Waals surface area contributed by atoms with Gasteiger partial charge in [0.25, 0.3) is 0 Å². The van der Waals surface area contributed by atoms with Crippen molar-refractivity contribution in [1.82, 2.24) is 4.90 Å². The fourth-order valence-corrected chi connectivity index (χ4v) is 2.99. The van der Waals surface area contributed by atoms with E-state index in [0.29, 0.717) is 17.9 Å². The molecule has 2 heterocycles. The molecule has 0 aromatic heterocycles. The Balaban J connectivity index is 1.70. The van der Waals surface area contributed by atoms with Crippen LogP contribution in [-0.4, -0.2) is 47.7 Å². The van der Waals surface area contributed by atoms with Gasteiger partial charge in [0.1, 0.15) is 0 Å². The molecule has 1 saturated heterocycles. The fraction of sp³-hybridized carbons (Fsp3) is 0.875. The van der Waals surface area contributed by atoms with E-state index in [9.17, 15) is 0 Å². The Hall–Kier alpha value is -0.700. The summed E-state index contributed by atoms with van der Waals surface area (Å²) in [6.45, 7) is 12.8. The molecule has 0 aromatic rings. The number of hydrazone groups is 1. The van der Waals surface area contributed by atoms with Gasteiger partial charge in [-0.15, -0.1) is 0 Å². The SMILES string of the molecule is CC(C)C1C=N[N+](CCC2CCN(C(C)C)CC2)=C1. The zero-order valence-electron chi connectivity index (χ0n) is 13.0. The molecule has 3 heteroatoms. The van der Waals surface area contributed by atoms with Gasteiger partial charge in [0.05, 0.1) is 12.1 Å². The zero-order chi connectivity index (χ0) is 13.8. The van der Waals surface area contributed by atoms with Gasteiger partial charge in [-0.3, -0.25) is 0 Å². The Labute approximate surface area is 118 Å². The summed E-state index contributed by atoms with van der Waals surface area (Å²) in [5.74, 6) is 2.11. The average Bonchev–Trinajstić information content (AvgIpc) is 2.86. The highest BCUT2D eigenvalue weighted by Crippen LogP contribution is 2.22. The summed E-state index contributed by atoms with van der Waals surface area (Å²) >= 11 is 0. The second-order valence-electron chi connectivity index (χ2n) is 6.76. The van der Waals surface area contributed by atoms with Gasteiger partial charge in [-0.1, -0.05) is 18.5 Å². The molecule has 2 aliphatic rings. The molecule has 0 N–H and O–H groups in total. The second-order valence-corrected chi connectivity index (χ2v) is 6.76. The average molecular weight is 264 g/mol. The van der Waals surface area contributed by atoms with Gasteiger partial charge < -0.3 is 4.90 Å². The molecule has 19 heavy (non-hydrogen) atoms. The van der Waals surface area contributed by atoms with Crippen molar-refractivity contribution in [2.45, 2.75) is 53.0 Å². The monoisotopic (exact) mass is 264 g/mol. The third kappa shape index (κ3) is 4.13. The van der Waals surface area contributed by atoms with Crippen molar-refractivity contribution < 1.29 is 4.68 Å². The molecule has 108 valence electrons. The predicted molar refractivity (Wildman–Crippen MR) is 82.1 cm³/mol. The molecule has 2 aliphatic heterocycles. The van der Waals surface area contributed by atoms with Gasteiger partial charge in [-0.2, -0.15) is 0 Å².